The van der Waals surface area contributed by atoms with Crippen molar-refractivity contribution in [1.82, 2.24) is 20.0 Å². The van der Waals surface area contributed by atoms with E-state index in [2.05, 4.69) is 22.5 Å². The Kier molecular flexibility index (Phi) is 5.97. The summed E-state index contributed by atoms with van der Waals surface area (Å²) in [4.78, 5) is 27.1. The molecular weight excluding hydrogens is 380 g/mol. The summed E-state index contributed by atoms with van der Waals surface area (Å²) in [6.07, 6.45) is 6.82. The van der Waals surface area contributed by atoms with Crippen LogP contribution in [-0.2, 0) is 13.0 Å². The Morgan fingerprint density at radius 1 is 1.17 bits per heavy atom. The van der Waals surface area contributed by atoms with Crippen LogP contribution < -0.4 is 5.32 Å². The molecule has 0 radical (unpaired) electrons. The number of rotatable bonds is 6. The second-order valence-corrected chi connectivity index (χ2v) is 7.55. The molecule has 0 unspecified atom stereocenters. The summed E-state index contributed by atoms with van der Waals surface area (Å²) >= 11 is 0. The number of nitrogens with one attached hydrogen (secondary N) is 1. The third kappa shape index (κ3) is 4.30. The Balaban J connectivity index is 1.36. The summed E-state index contributed by atoms with van der Waals surface area (Å²) in [5, 5.41) is 7.59. The fourth-order valence-electron chi connectivity index (χ4n) is 3.92. The number of aromatic nitrogens is 2. The van der Waals surface area contributed by atoms with Crippen LogP contribution in [-0.4, -0.2) is 45.6 Å². The van der Waals surface area contributed by atoms with E-state index in [1.54, 1.807) is 12.3 Å². The van der Waals surface area contributed by atoms with E-state index in [4.69, 9.17) is 4.42 Å². The fourth-order valence-corrected chi connectivity index (χ4v) is 3.92. The van der Waals surface area contributed by atoms with Gasteiger partial charge >= 0.3 is 0 Å². The van der Waals surface area contributed by atoms with Gasteiger partial charge < -0.3 is 14.6 Å². The largest absolute Gasteiger partial charge is 0.472 e. The van der Waals surface area contributed by atoms with E-state index in [-0.39, 0.29) is 17.9 Å². The van der Waals surface area contributed by atoms with Gasteiger partial charge in [-0.25, -0.2) is 0 Å². The maximum atomic E-state index is 12.9. The van der Waals surface area contributed by atoms with Gasteiger partial charge in [-0.2, -0.15) is 5.10 Å². The minimum absolute atomic E-state index is 0.0241. The van der Waals surface area contributed by atoms with E-state index in [0.717, 1.165) is 30.5 Å². The van der Waals surface area contributed by atoms with Gasteiger partial charge in [-0.15, -0.1) is 0 Å². The summed E-state index contributed by atoms with van der Waals surface area (Å²) in [6.45, 7) is 3.91. The molecule has 30 heavy (non-hydrogen) atoms. The number of hydrogen-bond donors (Lipinski definition) is 1. The first-order valence-electron chi connectivity index (χ1n) is 10.4. The average molecular weight is 406 g/mol. The topological polar surface area (TPSA) is 80.4 Å². The normalized spacial score (nSPS) is 14.6. The van der Waals surface area contributed by atoms with Crippen LogP contribution in [0.5, 0.6) is 0 Å². The zero-order chi connectivity index (χ0) is 20.9. The van der Waals surface area contributed by atoms with Gasteiger partial charge in [0.15, 0.2) is 0 Å². The van der Waals surface area contributed by atoms with Crippen LogP contribution in [0.4, 0.5) is 0 Å². The molecule has 7 heteroatoms. The van der Waals surface area contributed by atoms with E-state index >= 15 is 0 Å². The van der Waals surface area contributed by atoms with Crippen molar-refractivity contribution in [3.05, 3.63) is 77.5 Å². The second-order valence-electron chi connectivity index (χ2n) is 7.55. The van der Waals surface area contributed by atoms with Gasteiger partial charge in [-0.1, -0.05) is 37.3 Å². The van der Waals surface area contributed by atoms with Crippen LogP contribution in [0.3, 0.4) is 0 Å². The van der Waals surface area contributed by atoms with Crippen molar-refractivity contribution >= 4 is 11.8 Å². The summed E-state index contributed by atoms with van der Waals surface area (Å²) in [5.41, 5.74) is 3.28. The van der Waals surface area contributed by atoms with Gasteiger partial charge in [-0.3, -0.25) is 14.3 Å². The van der Waals surface area contributed by atoms with Crippen LogP contribution in [0.25, 0.3) is 0 Å². The zero-order valence-corrected chi connectivity index (χ0v) is 17.1. The minimum atomic E-state index is -0.0919. The highest BCUT2D eigenvalue weighted by molar-refractivity contribution is 5.95. The molecule has 4 rings (SSSR count). The number of nitrogens with zero attached hydrogens (tertiary/aromatic N) is 3. The summed E-state index contributed by atoms with van der Waals surface area (Å²) in [5.74, 6) is -0.116. The Morgan fingerprint density at radius 2 is 1.93 bits per heavy atom. The molecule has 1 fully saturated rings. The SMILES string of the molecule is CCc1c(C(=O)NC2CCN(C(=O)c3ccoc3)CC2)cnn1Cc1ccccc1. The average Bonchev–Trinajstić information content (AvgIpc) is 3.44. The first kappa shape index (κ1) is 19.9. The molecule has 1 N–H and O–H groups in total. The van der Waals surface area contributed by atoms with Gasteiger partial charge in [0, 0.05) is 19.1 Å². The number of furan rings is 1. The second kappa shape index (κ2) is 8.98. The molecule has 3 heterocycles. The van der Waals surface area contributed by atoms with Crippen LogP contribution >= 0.6 is 0 Å². The smallest absolute Gasteiger partial charge is 0.257 e. The lowest BCUT2D eigenvalue weighted by atomic mass is 10.0. The van der Waals surface area contributed by atoms with Crippen LogP contribution in [0.1, 0.15) is 51.7 Å². The van der Waals surface area contributed by atoms with Crippen LogP contribution in [0.15, 0.2) is 59.5 Å². The molecule has 2 aromatic heterocycles. The molecule has 0 saturated carbocycles. The van der Waals surface area contributed by atoms with Crippen molar-refractivity contribution in [2.45, 2.75) is 38.8 Å². The number of carbonyl (C=O) groups is 2. The molecule has 1 aliphatic heterocycles. The Bertz CT molecular complexity index is 987. The highest BCUT2D eigenvalue weighted by Crippen LogP contribution is 2.17. The van der Waals surface area contributed by atoms with E-state index in [0.29, 0.717) is 30.8 Å². The monoisotopic (exact) mass is 406 g/mol. The van der Waals surface area contributed by atoms with Gasteiger partial charge in [-0.05, 0) is 30.9 Å². The predicted molar refractivity (Wildman–Crippen MR) is 112 cm³/mol. The molecule has 7 nitrogen and oxygen atoms in total. The first-order valence-corrected chi connectivity index (χ1v) is 10.4. The molecule has 2 amide bonds. The third-order valence-electron chi connectivity index (χ3n) is 5.59. The lowest BCUT2D eigenvalue weighted by Gasteiger charge is -2.32. The van der Waals surface area contributed by atoms with Gasteiger partial charge in [0.2, 0.25) is 0 Å². The molecule has 0 aliphatic carbocycles. The first-order chi connectivity index (χ1) is 14.7. The Hall–Kier alpha value is -3.35. The molecule has 0 bridgehead atoms. The molecule has 1 saturated heterocycles. The standard InChI is InChI=1S/C23H26N4O3/c1-2-21-20(14-24-27(21)15-17-6-4-3-5-7-17)22(28)25-19-8-11-26(12-9-19)23(29)18-10-13-30-16-18/h3-7,10,13-14,16,19H,2,8-9,11-12,15H2,1H3,(H,25,28). The highest BCUT2D eigenvalue weighted by Gasteiger charge is 2.26. The quantitative estimate of drug-likeness (QED) is 0.682. The van der Waals surface area contributed by atoms with Gasteiger partial charge in [0.05, 0.1) is 35.8 Å². The summed E-state index contributed by atoms with van der Waals surface area (Å²) in [6, 6.07) is 11.8. The molecule has 3 aromatic rings. The molecule has 0 spiro atoms. The van der Waals surface area contributed by atoms with Crippen molar-refractivity contribution < 1.29 is 14.0 Å². The third-order valence-corrected chi connectivity index (χ3v) is 5.59. The summed E-state index contributed by atoms with van der Waals surface area (Å²) in [7, 11) is 0. The molecule has 1 aromatic carbocycles. The van der Waals surface area contributed by atoms with E-state index in [9.17, 15) is 9.59 Å². The minimum Gasteiger partial charge on any atom is -0.472 e. The number of amides is 2. The Labute approximate surface area is 175 Å². The van der Waals surface area contributed by atoms with Crippen molar-refractivity contribution in [3.63, 3.8) is 0 Å². The van der Waals surface area contributed by atoms with Crippen LogP contribution in [0.2, 0.25) is 0 Å². The molecule has 0 atom stereocenters. The Morgan fingerprint density at radius 3 is 2.60 bits per heavy atom. The molecular formula is C23H26N4O3. The number of likely N-dealkylation sites (tertiary alicyclic amines) is 1. The molecule has 156 valence electrons. The predicted octanol–water partition coefficient (Wildman–Crippen LogP) is 3.12. The van der Waals surface area contributed by atoms with E-state index < -0.39 is 0 Å². The van der Waals surface area contributed by atoms with Gasteiger partial charge in [0.1, 0.15) is 6.26 Å². The summed E-state index contributed by atoms with van der Waals surface area (Å²) < 4.78 is 6.90. The number of piperidine rings is 1. The molecule has 1 aliphatic rings. The maximum absolute atomic E-state index is 12.9. The fraction of sp³-hybridized carbons (Fsp3) is 0.348. The van der Waals surface area contributed by atoms with E-state index in [1.165, 1.54) is 12.5 Å². The van der Waals surface area contributed by atoms with Gasteiger partial charge in [0.25, 0.3) is 11.8 Å². The van der Waals surface area contributed by atoms with Crippen molar-refractivity contribution in [2.24, 2.45) is 0 Å². The van der Waals surface area contributed by atoms with Crippen LogP contribution in [0, 0.1) is 0 Å². The van der Waals surface area contributed by atoms with E-state index in [1.807, 2.05) is 34.7 Å². The van der Waals surface area contributed by atoms with Crippen molar-refractivity contribution in [2.75, 3.05) is 13.1 Å². The lowest BCUT2D eigenvalue weighted by Crippen LogP contribution is -2.46. The highest BCUT2D eigenvalue weighted by atomic mass is 16.3. The number of carbonyl (C=O) groups excluding carboxylic acids is 2. The van der Waals surface area contributed by atoms with Crippen molar-refractivity contribution in [3.8, 4) is 0 Å². The lowest BCUT2D eigenvalue weighted by molar-refractivity contribution is 0.0697. The number of hydrogen-bond acceptors (Lipinski definition) is 4. The number of benzene rings is 1. The maximum Gasteiger partial charge on any atom is 0.257 e. The zero-order valence-electron chi connectivity index (χ0n) is 17.1. The van der Waals surface area contributed by atoms with Crippen molar-refractivity contribution in [1.29, 1.82) is 0 Å².